The van der Waals surface area contributed by atoms with E-state index in [0.29, 0.717) is 44.8 Å². The number of benzene rings is 5. The number of nitrogens with one attached hydrogen (secondary N) is 1. The summed E-state index contributed by atoms with van der Waals surface area (Å²) >= 11 is 0. The first kappa shape index (κ1) is 37.9. The van der Waals surface area contributed by atoms with Crippen molar-refractivity contribution >= 4 is 47.3 Å². The Morgan fingerprint density at radius 3 is 1.78 bits per heavy atom. The first-order chi connectivity index (χ1) is 23.1. The van der Waals surface area contributed by atoms with Gasteiger partial charge in [0.25, 0.3) is 30.4 Å². The number of anilines is 1. The summed E-state index contributed by atoms with van der Waals surface area (Å²) in [7, 11) is -13.5. The van der Waals surface area contributed by atoms with Crippen LogP contribution in [0.3, 0.4) is 0 Å². The van der Waals surface area contributed by atoms with E-state index in [9.17, 15) is 38.9 Å². The Kier molecular flexibility index (Phi) is 11.3. The average Bonchev–Trinajstić information content (AvgIpc) is 3.07. The average molecular weight is 739 g/mol. The monoisotopic (exact) mass is 738 g/mol. The molecule has 12 nitrogen and oxygen atoms in total. The van der Waals surface area contributed by atoms with Gasteiger partial charge in [-0.2, -0.15) is 25.3 Å². The molecular weight excluding hydrogens is 705 g/mol. The molecule has 50 heavy (non-hydrogen) atoms. The number of rotatable bonds is 10. The van der Waals surface area contributed by atoms with Crippen molar-refractivity contribution in [1.82, 2.24) is 0 Å². The molecular formula is C35H34N2O10S3. The van der Waals surface area contributed by atoms with E-state index in [-0.39, 0.29) is 37.5 Å². The zero-order valence-corrected chi connectivity index (χ0v) is 28.9. The summed E-state index contributed by atoms with van der Waals surface area (Å²) in [6.07, 6.45) is 0.586. The molecule has 0 bridgehead atoms. The highest BCUT2D eigenvalue weighted by Crippen LogP contribution is 2.30. The van der Waals surface area contributed by atoms with Gasteiger partial charge in [-0.25, -0.2) is 0 Å². The Labute approximate surface area is 289 Å². The van der Waals surface area contributed by atoms with Crippen LogP contribution in [-0.4, -0.2) is 44.4 Å². The molecule has 0 aromatic heterocycles. The second kappa shape index (κ2) is 14.9. The quantitative estimate of drug-likeness (QED) is 0.130. The van der Waals surface area contributed by atoms with E-state index in [4.69, 9.17) is 5.73 Å². The van der Waals surface area contributed by atoms with Crippen molar-refractivity contribution in [3.05, 3.63) is 154 Å². The van der Waals surface area contributed by atoms with E-state index in [1.54, 1.807) is 78.9 Å². The molecule has 0 aliphatic carbocycles. The van der Waals surface area contributed by atoms with Gasteiger partial charge < -0.3 is 16.5 Å². The van der Waals surface area contributed by atoms with E-state index in [0.717, 1.165) is 0 Å². The van der Waals surface area contributed by atoms with Crippen molar-refractivity contribution in [2.24, 2.45) is 5.73 Å². The Morgan fingerprint density at radius 1 is 0.640 bits per heavy atom. The lowest BCUT2D eigenvalue weighted by Gasteiger charge is -2.20. The van der Waals surface area contributed by atoms with Gasteiger partial charge in [-0.05, 0) is 81.6 Å². The third-order valence-electron chi connectivity index (χ3n) is 7.84. The molecule has 8 N–H and O–H groups in total. The van der Waals surface area contributed by atoms with Gasteiger partial charge in [0.15, 0.2) is 0 Å². The molecule has 0 amide bonds. The SMILES string of the molecule is CCC(Nc1ccc(C(c2ccccc2S(=O)(=O)O)=c2ccc(=C(N)c3cccc(S(=O)(=O)O)c3)cc2)cc1)c1cccc(S(=O)(=O)O)c1.O. The van der Waals surface area contributed by atoms with Gasteiger partial charge in [-0.1, -0.05) is 85.8 Å². The van der Waals surface area contributed by atoms with Crippen molar-refractivity contribution in [2.45, 2.75) is 34.1 Å². The zero-order valence-electron chi connectivity index (χ0n) is 26.4. The molecule has 15 heteroatoms. The third kappa shape index (κ3) is 8.64. The van der Waals surface area contributed by atoms with Gasteiger partial charge in [0.05, 0.1) is 15.8 Å². The second-order valence-corrected chi connectivity index (χ2v) is 15.3. The summed E-state index contributed by atoms with van der Waals surface area (Å²) in [5, 5.41) is 4.47. The molecule has 0 spiro atoms. The molecule has 1 atom stereocenters. The van der Waals surface area contributed by atoms with Crippen molar-refractivity contribution in [1.29, 1.82) is 0 Å². The lowest BCUT2D eigenvalue weighted by molar-refractivity contribution is 0.480. The fraction of sp³-hybridized carbons (Fsp3) is 0.0857. The maximum Gasteiger partial charge on any atom is 0.295 e. The van der Waals surface area contributed by atoms with E-state index >= 15 is 0 Å². The molecule has 0 aliphatic rings. The molecule has 5 rings (SSSR count). The summed E-state index contributed by atoms with van der Waals surface area (Å²) < 4.78 is 101. The standard InChI is InChI=1S/C35H32N2O9S3.H2O/c1-2-32(26-7-5-9-29(21-26)47(38,39)40)37-28-19-17-24(18-20-28)34(31-11-3-4-12-33(31)49(44,45)46)23-13-15-25(16-14-23)35(36)27-8-6-10-30(22-27)48(41,42)43;/h3-22,32,37H,2,36H2,1H3,(H,38,39,40)(H,41,42,43)(H,44,45,46);1H2. The van der Waals surface area contributed by atoms with Gasteiger partial charge in [0.1, 0.15) is 4.90 Å². The molecule has 0 saturated heterocycles. The van der Waals surface area contributed by atoms with Crippen LogP contribution in [0.15, 0.2) is 136 Å². The Bertz CT molecular complexity index is 2480. The van der Waals surface area contributed by atoms with Gasteiger partial charge >= 0.3 is 0 Å². The first-order valence-corrected chi connectivity index (χ1v) is 19.1. The highest BCUT2D eigenvalue weighted by Gasteiger charge is 2.20. The van der Waals surface area contributed by atoms with Crippen molar-refractivity contribution in [2.75, 3.05) is 5.32 Å². The minimum atomic E-state index is -4.63. The molecule has 5 aromatic carbocycles. The Balaban J connectivity index is 0.00000562. The third-order valence-corrected chi connectivity index (χ3v) is 10.5. The molecule has 5 aromatic rings. The van der Waals surface area contributed by atoms with Crippen LogP contribution < -0.4 is 21.5 Å². The number of nitrogens with two attached hydrogens (primary N) is 1. The minimum Gasteiger partial charge on any atom is -0.412 e. The highest BCUT2D eigenvalue weighted by atomic mass is 32.2. The fourth-order valence-corrected chi connectivity index (χ4v) is 7.19. The molecule has 0 heterocycles. The highest BCUT2D eigenvalue weighted by molar-refractivity contribution is 7.86. The summed E-state index contributed by atoms with van der Waals surface area (Å²) in [6, 6.07) is 31.2. The second-order valence-electron chi connectivity index (χ2n) is 11.1. The van der Waals surface area contributed by atoms with Crippen LogP contribution in [0.4, 0.5) is 5.69 Å². The Hall–Kier alpha value is -4.87. The summed E-state index contributed by atoms with van der Waals surface area (Å²) in [6.45, 7) is 1.92. The van der Waals surface area contributed by atoms with E-state index < -0.39 is 30.4 Å². The predicted octanol–water partition coefficient (Wildman–Crippen LogP) is 3.53. The van der Waals surface area contributed by atoms with Crippen LogP contribution in [0.25, 0.3) is 11.3 Å². The van der Waals surface area contributed by atoms with E-state index in [2.05, 4.69) is 5.32 Å². The molecule has 262 valence electrons. The van der Waals surface area contributed by atoms with Gasteiger partial charge in [0.2, 0.25) is 0 Å². The maximum atomic E-state index is 12.4. The van der Waals surface area contributed by atoms with Crippen LogP contribution >= 0.6 is 0 Å². The van der Waals surface area contributed by atoms with Gasteiger partial charge in [-0.15, -0.1) is 0 Å². The topological polar surface area (TPSA) is 233 Å². The predicted molar refractivity (Wildman–Crippen MR) is 189 cm³/mol. The molecule has 0 saturated carbocycles. The maximum absolute atomic E-state index is 12.4. The molecule has 0 fully saturated rings. The molecule has 0 radical (unpaired) electrons. The van der Waals surface area contributed by atoms with Crippen LogP contribution in [0.2, 0.25) is 0 Å². The first-order valence-electron chi connectivity index (χ1n) is 14.8. The van der Waals surface area contributed by atoms with Crippen molar-refractivity contribution < 1.29 is 44.4 Å². The number of hydrogen-bond acceptors (Lipinski definition) is 8. The van der Waals surface area contributed by atoms with Crippen molar-refractivity contribution in [3.8, 4) is 0 Å². The van der Waals surface area contributed by atoms with Crippen LogP contribution in [-0.2, 0) is 30.4 Å². The van der Waals surface area contributed by atoms with E-state index in [1.807, 2.05) is 6.92 Å². The summed E-state index contributed by atoms with van der Waals surface area (Å²) in [5.74, 6) is 0. The molecule has 0 aliphatic heterocycles. The zero-order chi connectivity index (χ0) is 35.6. The Morgan fingerprint density at radius 2 is 1.20 bits per heavy atom. The molecule has 1 unspecified atom stereocenters. The normalized spacial score (nSPS) is 12.4. The summed E-state index contributed by atoms with van der Waals surface area (Å²) in [5.41, 5.74) is 9.62. The van der Waals surface area contributed by atoms with Crippen LogP contribution in [0.1, 0.15) is 41.6 Å². The lowest BCUT2D eigenvalue weighted by atomic mass is 9.94. The van der Waals surface area contributed by atoms with Crippen molar-refractivity contribution in [3.63, 3.8) is 0 Å². The number of hydrogen-bond donors (Lipinski definition) is 5. The lowest BCUT2D eigenvalue weighted by Crippen LogP contribution is -2.18. The van der Waals surface area contributed by atoms with Crippen LogP contribution in [0, 0.1) is 0 Å². The van der Waals surface area contributed by atoms with E-state index in [1.165, 1.54) is 42.5 Å². The largest absolute Gasteiger partial charge is 0.412 e. The fourth-order valence-electron chi connectivity index (χ4n) is 5.43. The summed E-state index contributed by atoms with van der Waals surface area (Å²) in [4.78, 5) is -0.819. The van der Waals surface area contributed by atoms with Gasteiger partial charge in [0, 0.05) is 16.9 Å². The smallest absolute Gasteiger partial charge is 0.295 e. The minimum absolute atomic E-state index is 0. The van der Waals surface area contributed by atoms with Crippen LogP contribution in [0.5, 0.6) is 0 Å². The van der Waals surface area contributed by atoms with Gasteiger partial charge in [-0.3, -0.25) is 13.7 Å².